The quantitative estimate of drug-likeness (QED) is 0.903. The van der Waals surface area contributed by atoms with E-state index in [-0.39, 0.29) is 23.5 Å². The maximum Gasteiger partial charge on any atom is 0.255 e. The van der Waals surface area contributed by atoms with Crippen molar-refractivity contribution >= 4 is 23.2 Å². The molecule has 2 aromatic rings. The Morgan fingerprint density at radius 1 is 1.04 bits per heavy atom. The number of hydrogen-bond acceptors (Lipinski definition) is 2. The summed E-state index contributed by atoms with van der Waals surface area (Å²) in [5.74, 6) is -0.445. The molecule has 1 aliphatic rings. The van der Waals surface area contributed by atoms with Crippen molar-refractivity contribution in [1.29, 1.82) is 0 Å². The minimum absolute atomic E-state index is 0.0316. The van der Waals surface area contributed by atoms with Crippen LogP contribution in [0.3, 0.4) is 0 Å². The molecule has 0 unspecified atom stereocenters. The van der Waals surface area contributed by atoms with Crippen LogP contribution >= 0.6 is 0 Å². The van der Waals surface area contributed by atoms with Crippen LogP contribution in [0.25, 0.3) is 0 Å². The molecule has 0 bridgehead atoms. The van der Waals surface area contributed by atoms with E-state index in [2.05, 4.69) is 10.6 Å². The number of nitrogens with one attached hydrogen (secondary N) is 2. The molecule has 0 atom stereocenters. The molecule has 0 heterocycles. The summed E-state index contributed by atoms with van der Waals surface area (Å²) in [5.41, 5.74) is 2.38. The van der Waals surface area contributed by atoms with Crippen LogP contribution in [0, 0.1) is 18.7 Å². The predicted octanol–water partition coefficient (Wildman–Crippen LogP) is 3.73. The van der Waals surface area contributed by atoms with E-state index >= 15 is 0 Å². The highest BCUT2D eigenvalue weighted by molar-refractivity contribution is 6.05. The second-order valence-electron chi connectivity index (χ2n) is 5.75. The minimum Gasteiger partial charge on any atom is -0.326 e. The van der Waals surface area contributed by atoms with E-state index in [4.69, 9.17) is 0 Å². The molecule has 1 saturated carbocycles. The van der Waals surface area contributed by atoms with E-state index in [0.29, 0.717) is 22.5 Å². The number of rotatable bonds is 4. The lowest BCUT2D eigenvalue weighted by molar-refractivity contribution is -0.117. The SMILES string of the molecule is Cc1cc(F)ccc1NC(=O)c1ccc(NC(=O)C2CC2)cc1. The van der Waals surface area contributed by atoms with Crippen LogP contribution in [-0.4, -0.2) is 11.8 Å². The van der Waals surface area contributed by atoms with Crippen molar-refractivity contribution in [2.45, 2.75) is 19.8 Å². The zero-order chi connectivity index (χ0) is 16.4. The smallest absolute Gasteiger partial charge is 0.255 e. The molecule has 2 aromatic carbocycles. The Hall–Kier alpha value is -2.69. The van der Waals surface area contributed by atoms with Gasteiger partial charge in [-0.15, -0.1) is 0 Å². The molecule has 2 N–H and O–H groups in total. The molecule has 0 aromatic heterocycles. The number of halogens is 1. The van der Waals surface area contributed by atoms with E-state index in [1.165, 1.54) is 18.2 Å². The van der Waals surface area contributed by atoms with E-state index in [9.17, 15) is 14.0 Å². The Bertz CT molecular complexity index is 752. The lowest BCUT2D eigenvalue weighted by Gasteiger charge is -2.09. The van der Waals surface area contributed by atoms with Crippen molar-refractivity contribution in [3.63, 3.8) is 0 Å². The molecule has 0 radical (unpaired) electrons. The second kappa shape index (κ2) is 6.20. The third kappa shape index (κ3) is 3.74. The van der Waals surface area contributed by atoms with Crippen molar-refractivity contribution in [2.24, 2.45) is 5.92 Å². The number of aryl methyl sites for hydroxylation is 1. The van der Waals surface area contributed by atoms with Crippen LogP contribution in [-0.2, 0) is 4.79 Å². The molecule has 2 amide bonds. The van der Waals surface area contributed by atoms with E-state index in [1.807, 2.05) is 0 Å². The summed E-state index contributed by atoms with van der Waals surface area (Å²) in [6.07, 6.45) is 1.90. The molecule has 5 heteroatoms. The standard InChI is InChI=1S/C18H17FN2O2/c1-11-10-14(19)6-9-16(11)21-18(23)13-4-7-15(8-5-13)20-17(22)12-2-3-12/h4-10,12H,2-3H2,1H3,(H,20,22)(H,21,23). The molecule has 1 aliphatic carbocycles. The van der Waals surface area contributed by atoms with Gasteiger partial charge in [0.15, 0.2) is 0 Å². The number of hydrogen-bond donors (Lipinski definition) is 2. The first-order valence-electron chi connectivity index (χ1n) is 7.51. The highest BCUT2D eigenvalue weighted by atomic mass is 19.1. The Morgan fingerprint density at radius 3 is 2.35 bits per heavy atom. The molecule has 3 rings (SSSR count). The number of benzene rings is 2. The van der Waals surface area contributed by atoms with Crippen molar-refractivity contribution in [1.82, 2.24) is 0 Å². The maximum atomic E-state index is 13.1. The Kier molecular flexibility index (Phi) is 4.10. The van der Waals surface area contributed by atoms with Crippen molar-refractivity contribution < 1.29 is 14.0 Å². The molecule has 0 aliphatic heterocycles. The Labute approximate surface area is 133 Å². The van der Waals surface area contributed by atoms with Gasteiger partial charge in [0.05, 0.1) is 0 Å². The van der Waals surface area contributed by atoms with E-state index in [1.54, 1.807) is 31.2 Å². The van der Waals surface area contributed by atoms with Crippen LogP contribution < -0.4 is 10.6 Å². The van der Waals surface area contributed by atoms with Gasteiger partial charge >= 0.3 is 0 Å². The zero-order valence-corrected chi connectivity index (χ0v) is 12.7. The number of anilines is 2. The van der Waals surface area contributed by atoms with Gasteiger partial charge in [-0.25, -0.2) is 4.39 Å². The van der Waals surface area contributed by atoms with Crippen molar-refractivity contribution in [3.8, 4) is 0 Å². The van der Waals surface area contributed by atoms with E-state index in [0.717, 1.165) is 12.8 Å². The predicted molar refractivity (Wildman–Crippen MR) is 86.9 cm³/mol. The summed E-state index contributed by atoms with van der Waals surface area (Å²) >= 11 is 0. The van der Waals surface area contributed by atoms with Gasteiger partial charge in [0, 0.05) is 22.9 Å². The second-order valence-corrected chi connectivity index (χ2v) is 5.75. The topological polar surface area (TPSA) is 58.2 Å². The molecule has 23 heavy (non-hydrogen) atoms. The zero-order valence-electron chi connectivity index (χ0n) is 12.7. The summed E-state index contributed by atoms with van der Waals surface area (Å²) in [6, 6.07) is 10.9. The van der Waals surface area contributed by atoms with Crippen LogP contribution in [0.5, 0.6) is 0 Å². The highest BCUT2D eigenvalue weighted by Crippen LogP contribution is 2.30. The first-order valence-corrected chi connectivity index (χ1v) is 7.51. The van der Waals surface area contributed by atoms with Gasteiger partial charge in [0.1, 0.15) is 5.82 Å². The van der Waals surface area contributed by atoms with Gasteiger partial charge in [-0.1, -0.05) is 0 Å². The number of carbonyl (C=O) groups excluding carboxylic acids is 2. The summed E-state index contributed by atoms with van der Waals surface area (Å²) in [6.45, 7) is 1.73. The maximum absolute atomic E-state index is 13.1. The third-order valence-electron chi connectivity index (χ3n) is 3.80. The van der Waals surface area contributed by atoms with Gasteiger partial charge < -0.3 is 10.6 Å². The van der Waals surface area contributed by atoms with Crippen molar-refractivity contribution in [2.75, 3.05) is 10.6 Å². The van der Waals surface area contributed by atoms with Crippen LogP contribution in [0.1, 0.15) is 28.8 Å². The summed E-state index contributed by atoms with van der Waals surface area (Å²) in [5, 5.41) is 5.57. The lowest BCUT2D eigenvalue weighted by Crippen LogP contribution is -2.15. The molecule has 4 nitrogen and oxygen atoms in total. The molecule has 118 valence electrons. The fourth-order valence-electron chi connectivity index (χ4n) is 2.26. The average Bonchev–Trinajstić information content (AvgIpc) is 3.35. The van der Waals surface area contributed by atoms with Gasteiger partial charge in [-0.05, 0) is 67.8 Å². The number of amides is 2. The fraction of sp³-hybridized carbons (Fsp3) is 0.222. The molecule has 1 fully saturated rings. The molecular formula is C18H17FN2O2. The lowest BCUT2D eigenvalue weighted by atomic mass is 10.1. The summed E-state index contributed by atoms with van der Waals surface area (Å²) < 4.78 is 13.1. The van der Waals surface area contributed by atoms with Crippen LogP contribution in [0.15, 0.2) is 42.5 Å². The molecule has 0 saturated heterocycles. The van der Waals surface area contributed by atoms with Gasteiger partial charge in [0.2, 0.25) is 5.91 Å². The largest absolute Gasteiger partial charge is 0.326 e. The monoisotopic (exact) mass is 312 g/mol. The number of carbonyl (C=O) groups is 2. The fourth-order valence-corrected chi connectivity index (χ4v) is 2.26. The van der Waals surface area contributed by atoms with Crippen LogP contribution in [0.4, 0.5) is 15.8 Å². The van der Waals surface area contributed by atoms with Crippen molar-refractivity contribution in [3.05, 3.63) is 59.4 Å². The first-order chi connectivity index (χ1) is 11.0. The van der Waals surface area contributed by atoms with Gasteiger partial charge in [-0.2, -0.15) is 0 Å². The minimum atomic E-state index is -0.337. The van der Waals surface area contributed by atoms with Crippen LogP contribution in [0.2, 0.25) is 0 Å². The third-order valence-corrected chi connectivity index (χ3v) is 3.80. The first kappa shape index (κ1) is 15.2. The van der Waals surface area contributed by atoms with Gasteiger partial charge in [-0.3, -0.25) is 9.59 Å². The molecule has 0 spiro atoms. The van der Waals surface area contributed by atoms with Gasteiger partial charge in [0.25, 0.3) is 5.91 Å². The normalized spacial score (nSPS) is 13.5. The molecular weight excluding hydrogens is 295 g/mol. The summed E-state index contributed by atoms with van der Waals surface area (Å²) in [7, 11) is 0. The average molecular weight is 312 g/mol. The Morgan fingerprint density at radius 2 is 1.74 bits per heavy atom. The van der Waals surface area contributed by atoms with E-state index < -0.39 is 0 Å². The summed E-state index contributed by atoms with van der Waals surface area (Å²) in [4.78, 5) is 23.9. The Balaban J connectivity index is 1.66. The highest BCUT2D eigenvalue weighted by Gasteiger charge is 2.29.